The van der Waals surface area contributed by atoms with Gasteiger partial charge in [-0.2, -0.15) is 0 Å². The van der Waals surface area contributed by atoms with Crippen LogP contribution in [0.5, 0.6) is 0 Å². The molecule has 5 nitrogen and oxygen atoms in total. The van der Waals surface area contributed by atoms with Crippen LogP contribution in [0.15, 0.2) is 60.9 Å². The maximum Gasteiger partial charge on any atom is 0.111 e. The van der Waals surface area contributed by atoms with Crippen LogP contribution in [0.2, 0.25) is 0 Å². The minimum Gasteiger partial charge on any atom is -0.342 e. The van der Waals surface area contributed by atoms with E-state index in [-0.39, 0.29) is 6.04 Å². The number of imidazole rings is 2. The molecular formula is C28H31N5. The second-order valence-electron chi connectivity index (χ2n) is 9.70. The Morgan fingerprint density at radius 3 is 1.67 bits per heavy atom. The number of H-pyrrole nitrogens is 2. The largest absolute Gasteiger partial charge is 0.342 e. The Kier molecular flexibility index (Phi) is 5.35. The lowest BCUT2D eigenvalue weighted by Gasteiger charge is -2.11. The van der Waals surface area contributed by atoms with Crippen LogP contribution in [0.1, 0.15) is 68.4 Å². The van der Waals surface area contributed by atoms with Gasteiger partial charge in [0.15, 0.2) is 0 Å². The zero-order valence-corrected chi connectivity index (χ0v) is 18.9. The van der Waals surface area contributed by atoms with Crippen molar-refractivity contribution < 1.29 is 0 Å². The fraction of sp³-hybridized carbons (Fsp3) is 0.357. The summed E-state index contributed by atoms with van der Waals surface area (Å²) in [6.45, 7) is 0. The van der Waals surface area contributed by atoms with E-state index in [9.17, 15) is 0 Å². The fourth-order valence-electron chi connectivity index (χ4n) is 5.57. The standard InChI is InChI=1S/C28H31N5/c29-24-7-3-6-23(24)28-31-17-26(33-28)21-14-10-19(11-15-21)18-8-12-20(13-9-18)25-16-30-27(32-25)22-4-1-2-5-22/h8-17,22-24H,1-7,29H2,(H,30,32)(H,31,33). The molecule has 2 aliphatic rings. The van der Waals surface area contributed by atoms with Crippen molar-refractivity contribution >= 4 is 0 Å². The Morgan fingerprint density at radius 1 is 0.606 bits per heavy atom. The van der Waals surface area contributed by atoms with E-state index in [4.69, 9.17) is 5.73 Å². The molecule has 33 heavy (non-hydrogen) atoms. The van der Waals surface area contributed by atoms with Crippen molar-refractivity contribution in [1.29, 1.82) is 0 Å². The molecule has 2 unspecified atom stereocenters. The molecule has 0 radical (unpaired) electrons. The second-order valence-corrected chi connectivity index (χ2v) is 9.70. The van der Waals surface area contributed by atoms with Crippen LogP contribution < -0.4 is 5.73 Å². The Balaban J connectivity index is 1.17. The van der Waals surface area contributed by atoms with Gasteiger partial charge in [0.25, 0.3) is 0 Å². The number of aromatic amines is 2. The van der Waals surface area contributed by atoms with E-state index in [2.05, 4.69) is 68.5 Å². The van der Waals surface area contributed by atoms with Gasteiger partial charge in [0.2, 0.25) is 0 Å². The summed E-state index contributed by atoms with van der Waals surface area (Å²) in [6, 6.07) is 17.7. The summed E-state index contributed by atoms with van der Waals surface area (Å²) in [5.41, 5.74) is 13.2. The quantitative estimate of drug-likeness (QED) is 0.338. The third-order valence-electron chi connectivity index (χ3n) is 7.58. The summed E-state index contributed by atoms with van der Waals surface area (Å²) in [5, 5.41) is 0. The van der Waals surface area contributed by atoms with E-state index >= 15 is 0 Å². The minimum absolute atomic E-state index is 0.227. The molecule has 2 aromatic carbocycles. The van der Waals surface area contributed by atoms with Gasteiger partial charge in [0.05, 0.1) is 23.8 Å². The molecule has 2 saturated carbocycles. The van der Waals surface area contributed by atoms with Gasteiger partial charge < -0.3 is 15.7 Å². The van der Waals surface area contributed by atoms with Crippen LogP contribution in [-0.2, 0) is 0 Å². The SMILES string of the molecule is NC1CCCC1c1ncc(-c2ccc(-c3ccc(-c4cnc(C5CCCC5)[nH]4)cc3)cc2)[nH]1. The molecular weight excluding hydrogens is 406 g/mol. The van der Waals surface area contributed by atoms with Crippen LogP contribution in [0.3, 0.4) is 0 Å². The Morgan fingerprint density at radius 2 is 1.12 bits per heavy atom. The van der Waals surface area contributed by atoms with E-state index in [1.54, 1.807) is 0 Å². The molecule has 0 saturated heterocycles. The summed E-state index contributed by atoms with van der Waals surface area (Å²) in [5.74, 6) is 3.15. The first-order valence-corrected chi connectivity index (χ1v) is 12.3. The van der Waals surface area contributed by atoms with Gasteiger partial charge in [0.1, 0.15) is 11.6 Å². The van der Waals surface area contributed by atoms with Crippen LogP contribution in [0.25, 0.3) is 33.6 Å². The number of nitrogens with two attached hydrogens (primary N) is 1. The lowest BCUT2D eigenvalue weighted by Crippen LogP contribution is -2.23. The lowest BCUT2D eigenvalue weighted by atomic mass is 10.0. The molecule has 168 valence electrons. The average molecular weight is 438 g/mol. The second kappa shape index (κ2) is 8.64. The Labute approximate surface area is 194 Å². The molecule has 2 atom stereocenters. The van der Waals surface area contributed by atoms with Gasteiger partial charge in [-0.3, -0.25) is 0 Å². The Bertz CT molecular complexity index is 1210. The van der Waals surface area contributed by atoms with Crippen LogP contribution in [-0.4, -0.2) is 26.0 Å². The minimum atomic E-state index is 0.227. The lowest BCUT2D eigenvalue weighted by molar-refractivity contribution is 0.587. The first-order chi connectivity index (χ1) is 16.2. The van der Waals surface area contributed by atoms with E-state index in [0.717, 1.165) is 41.4 Å². The molecule has 4 N–H and O–H groups in total. The van der Waals surface area contributed by atoms with Crippen LogP contribution in [0.4, 0.5) is 0 Å². The molecule has 2 aliphatic carbocycles. The van der Waals surface area contributed by atoms with Gasteiger partial charge in [-0.1, -0.05) is 67.8 Å². The van der Waals surface area contributed by atoms with E-state index in [1.165, 1.54) is 48.8 Å². The van der Waals surface area contributed by atoms with Crippen LogP contribution >= 0.6 is 0 Å². The summed E-state index contributed by atoms with van der Waals surface area (Å²) in [6.07, 6.45) is 12.5. The maximum atomic E-state index is 6.26. The highest BCUT2D eigenvalue weighted by atomic mass is 14.9. The number of hydrogen-bond acceptors (Lipinski definition) is 3. The zero-order valence-electron chi connectivity index (χ0n) is 18.9. The molecule has 0 aliphatic heterocycles. The van der Waals surface area contributed by atoms with Crippen molar-refractivity contribution in [3.05, 3.63) is 72.6 Å². The number of aromatic nitrogens is 4. The number of nitrogens with one attached hydrogen (secondary N) is 2. The fourth-order valence-corrected chi connectivity index (χ4v) is 5.57. The van der Waals surface area contributed by atoms with Gasteiger partial charge >= 0.3 is 0 Å². The molecule has 2 fully saturated rings. The molecule has 2 heterocycles. The van der Waals surface area contributed by atoms with E-state index < -0.39 is 0 Å². The maximum absolute atomic E-state index is 6.26. The summed E-state index contributed by atoms with van der Waals surface area (Å²) in [4.78, 5) is 16.3. The molecule has 4 aromatic rings. The molecule has 5 heteroatoms. The monoisotopic (exact) mass is 437 g/mol. The number of rotatable bonds is 5. The first-order valence-electron chi connectivity index (χ1n) is 12.3. The zero-order chi connectivity index (χ0) is 22.2. The predicted molar refractivity (Wildman–Crippen MR) is 133 cm³/mol. The van der Waals surface area contributed by atoms with Crippen molar-refractivity contribution in [3.8, 4) is 33.6 Å². The van der Waals surface area contributed by atoms with Gasteiger partial charge in [0, 0.05) is 17.9 Å². The molecule has 0 bridgehead atoms. The van der Waals surface area contributed by atoms with E-state index in [1.807, 2.05) is 12.4 Å². The van der Waals surface area contributed by atoms with Crippen molar-refractivity contribution in [2.75, 3.05) is 0 Å². The van der Waals surface area contributed by atoms with Gasteiger partial charge in [-0.25, -0.2) is 9.97 Å². The van der Waals surface area contributed by atoms with Crippen molar-refractivity contribution in [2.24, 2.45) is 5.73 Å². The summed E-state index contributed by atoms with van der Waals surface area (Å²) < 4.78 is 0. The topological polar surface area (TPSA) is 83.4 Å². The van der Waals surface area contributed by atoms with E-state index in [0.29, 0.717) is 11.8 Å². The molecule has 6 rings (SSSR count). The summed E-state index contributed by atoms with van der Waals surface area (Å²) >= 11 is 0. The molecule has 2 aromatic heterocycles. The number of benzene rings is 2. The van der Waals surface area contributed by atoms with Crippen molar-refractivity contribution in [2.45, 2.75) is 62.8 Å². The average Bonchev–Trinajstić information content (AvgIpc) is 3.66. The highest BCUT2D eigenvalue weighted by molar-refractivity contribution is 5.71. The molecule has 0 amide bonds. The number of hydrogen-bond donors (Lipinski definition) is 3. The smallest absolute Gasteiger partial charge is 0.111 e. The predicted octanol–water partition coefficient (Wildman–Crippen LogP) is 6.39. The van der Waals surface area contributed by atoms with Crippen molar-refractivity contribution in [3.63, 3.8) is 0 Å². The van der Waals surface area contributed by atoms with Gasteiger partial charge in [-0.05, 0) is 47.9 Å². The normalized spacial score (nSPS) is 21.1. The van der Waals surface area contributed by atoms with Gasteiger partial charge in [-0.15, -0.1) is 0 Å². The first kappa shape index (κ1) is 20.4. The Hall–Kier alpha value is -3.18. The molecule has 0 spiro atoms. The highest BCUT2D eigenvalue weighted by Crippen LogP contribution is 2.35. The number of nitrogens with zero attached hydrogens (tertiary/aromatic N) is 2. The third-order valence-corrected chi connectivity index (χ3v) is 7.58. The third kappa shape index (κ3) is 4.02. The van der Waals surface area contributed by atoms with Crippen LogP contribution in [0, 0.1) is 0 Å². The summed E-state index contributed by atoms with van der Waals surface area (Å²) in [7, 11) is 0. The van der Waals surface area contributed by atoms with Crippen molar-refractivity contribution in [1.82, 2.24) is 19.9 Å². The highest BCUT2D eigenvalue weighted by Gasteiger charge is 2.27.